The van der Waals surface area contributed by atoms with Gasteiger partial charge in [0, 0.05) is 6.54 Å². The lowest BCUT2D eigenvalue weighted by molar-refractivity contribution is -0.140. The van der Waals surface area contributed by atoms with Crippen LogP contribution in [0.4, 0.5) is 0 Å². The zero-order valence-corrected chi connectivity index (χ0v) is 16.4. The molecule has 7 heteroatoms. The van der Waals surface area contributed by atoms with Crippen molar-refractivity contribution in [1.29, 1.82) is 0 Å². The minimum Gasteiger partial charge on any atom is -0.487 e. The van der Waals surface area contributed by atoms with Crippen LogP contribution in [-0.2, 0) is 26.0 Å². The van der Waals surface area contributed by atoms with Crippen molar-refractivity contribution in [2.45, 2.75) is 64.0 Å². The fourth-order valence-corrected chi connectivity index (χ4v) is 5.61. The van der Waals surface area contributed by atoms with E-state index in [1.54, 1.807) is 6.92 Å². The number of hydrogen-bond donors (Lipinski definition) is 0. The number of hydrogen-bond acceptors (Lipinski definition) is 5. The summed E-state index contributed by atoms with van der Waals surface area (Å²) in [5, 5.41) is 0. The molecule has 1 aromatic rings. The van der Waals surface area contributed by atoms with Gasteiger partial charge in [0.05, 0.1) is 12.0 Å². The maximum atomic E-state index is 13.1. The van der Waals surface area contributed by atoms with Crippen LogP contribution in [0.3, 0.4) is 0 Å². The van der Waals surface area contributed by atoms with Crippen molar-refractivity contribution >= 4 is 16.0 Å². The van der Waals surface area contributed by atoms with E-state index in [-0.39, 0.29) is 12.1 Å². The Kier molecular flexibility index (Phi) is 4.15. The summed E-state index contributed by atoms with van der Waals surface area (Å²) in [4.78, 5) is 12.0. The van der Waals surface area contributed by atoms with Crippen LogP contribution in [0.2, 0.25) is 0 Å². The molecule has 1 aromatic carbocycles. The molecule has 2 aliphatic heterocycles. The van der Waals surface area contributed by atoms with Crippen LogP contribution in [0.15, 0.2) is 4.90 Å². The molecule has 1 unspecified atom stereocenters. The summed E-state index contributed by atoms with van der Waals surface area (Å²) >= 11 is 0. The van der Waals surface area contributed by atoms with Crippen LogP contribution in [0.1, 0.15) is 42.5 Å². The fraction of sp³-hybridized carbons (Fsp3) is 0.611. The first-order chi connectivity index (χ1) is 11.5. The highest BCUT2D eigenvalue weighted by atomic mass is 32.2. The monoisotopic (exact) mass is 367 g/mol. The molecule has 3 rings (SSSR count). The smallest absolute Gasteiger partial charge is 0.325 e. The lowest BCUT2D eigenvalue weighted by atomic mass is 9.88. The largest absolute Gasteiger partial charge is 0.487 e. The van der Waals surface area contributed by atoms with E-state index in [4.69, 9.17) is 4.74 Å². The predicted octanol–water partition coefficient (Wildman–Crippen LogP) is 2.26. The molecule has 0 bridgehead atoms. The van der Waals surface area contributed by atoms with Gasteiger partial charge in [-0.1, -0.05) is 0 Å². The molecule has 0 spiro atoms. The molecule has 1 fully saturated rings. The Hall–Kier alpha value is -1.60. The van der Waals surface area contributed by atoms with E-state index >= 15 is 0 Å². The first-order valence-electron chi connectivity index (χ1n) is 8.42. The Morgan fingerprint density at radius 3 is 2.44 bits per heavy atom. The fourth-order valence-electron chi connectivity index (χ4n) is 3.57. The summed E-state index contributed by atoms with van der Waals surface area (Å²) in [6.45, 7) is 9.79. The second kappa shape index (κ2) is 5.71. The highest BCUT2D eigenvalue weighted by molar-refractivity contribution is 7.89. The summed E-state index contributed by atoms with van der Waals surface area (Å²) in [6.07, 6.45) is 1.61. The average Bonchev–Trinajstić information content (AvgIpc) is 3.32. The first-order valence-corrected chi connectivity index (χ1v) is 9.86. The first kappa shape index (κ1) is 18.2. The molecule has 2 aliphatic rings. The molecule has 0 N–H and O–H groups in total. The van der Waals surface area contributed by atoms with Crippen LogP contribution in [0, 0.1) is 20.8 Å². The Bertz CT molecular complexity index is 857. The van der Waals surface area contributed by atoms with Gasteiger partial charge in [0.25, 0.3) is 0 Å². The van der Waals surface area contributed by atoms with Crippen LogP contribution in [0.5, 0.6) is 5.75 Å². The quantitative estimate of drug-likeness (QED) is 0.605. The van der Waals surface area contributed by atoms with E-state index in [1.165, 1.54) is 11.4 Å². The molecule has 138 valence electrons. The number of esters is 1. The number of rotatable bonds is 3. The minimum absolute atomic E-state index is 0.174. The van der Waals surface area contributed by atoms with Gasteiger partial charge in [0.2, 0.25) is 10.0 Å². The molecular weight excluding hydrogens is 342 g/mol. The van der Waals surface area contributed by atoms with Gasteiger partial charge < -0.3 is 9.47 Å². The maximum Gasteiger partial charge on any atom is 0.325 e. The van der Waals surface area contributed by atoms with Crippen LogP contribution in [-0.4, -0.2) is 44.0 Å². The number of methoxy groups -OCH3 is 1. The van der Waals surface area contributed by atoms with Gasteiger partial charge in [-0.2, -0.15) is 4.31 Å². The molecular formula is C18H25NO5S. The third-order valence-corrected chi connectivity index (χ3v) is 7.42. The molecule has 2 atom stereocenters. The Morgan fingerprint density at radius 1 is 1.20 bits per heavy atom. The third kappa shape index (κ3) is 2.83. The van der Waals surface area contributed by atoms with Crippen molar-refractivity contribution < 1.29 is 22.7 Å². The van der Waals surface area contributed by atoms with Crippen molar-refractivity contribution in [2.75, 3.05) is 13.7 Å². The van der Waals surface area contributed by atoms with Crippen molar-refractivity contribution in [3.8, 4) is 5.75 Å². The van der Waals surface area contributed by atoms with Gasteiger partial charge in [-0.3, -0.25) is 4.79 Å². The van der Waals surface area contributed by atoms with Crippen LogP contribution >= 0.6 is 0 Å². The molecule has 2 heterocycles. The van der Waals surface area contributed by atoms with Gasteiger partial charge in [0.15, 0.2) is 0 Å². The van der Waals surface area contributed by atoms with E-state index in [0.717, 1.165) is 35.3 Å². The summed E-state index contributed by atoms with van der Waals surface area (Å²) in [5.74, 6) is 0.291. The van der Waals surface area contributed by atoms with E-state index < -0.39 is 22.0 Å². The number of carbonyl (C=O) groups excluding carboxylic acids is 1. The summed E-state index contributed by atoms with van der Waals surface area (Å²) < 4.78 is 38.2. The normalized spacial score (nSPS) is 24.2. The lowest BCUT2D eigenvalue weighted by Gasteiger charge is -2.35. The predicted molar refractivity (Wildman–Crippen MR) is 93.4 cm³/mol. The number of nitrogens with zero attached hydrogens (tertiary/aromatic N) is 1. The summed E-state index contributed by atoms with van der Waals surface area (Å²) in [7, 11) is -2.47. The zero-order chi connectivity index (χ0) is 18.7. The molecule has 0 aromatic heterocycles. The van der Waals surface area contributed by atoms with E-state index in [0.29, 0.717) is 10.5 Å². The summed E-state index contributed by atoms with van der Waals surface area (Å²) in [6, 6.07) is -0.708. The van der Waals surface area contributed by atoms with Gasteiger partial charge >= 0.3 is 5.97 Å². The third-order valence-electron chi connectivity index (χ3n) is 5.27. The van der Waals surface area contributed by atoms with Crippen molar-refractivity contribution in [3.63, 3.8) is 0 Å². The molecule has 0 radical (unpaired) electrons. The van der Waals surface area contributed by atoms with Gasteiger partial charge in [-0.15, -0.1) is 0 Å². The highest BCUT2D eigenvalue weighted by Crippen LogP contribution is 2.44. The summed E-state index contributed by atoms with van der Waals surface area (Å²) in [5.41, 5.74) is 2.96. The van der Waals surface area contributed by atoms with Gasteiger partial charge in [0.1, 0.15) is 17.4 Å². The molecule has 0 saturated carbocycles. The number of sulfonamides is 1. The van der Waals surface area contributed by atoms with Crippen molar-refractivity contribution in [3.05, 3.63) is 22.3 Å². The van der Waals surface area contributed by atoms with Gasteiger partial charge in [-0.05, 0) is 69.7 Å². The number of carbonyl (C=O) groups is 1. The average molecular weight is 367 g/mol. The molecule has 0 aliphatic carbocycles. The Morgan fingerprint density at radius 2 is 1.84 bits per heavy atom. The van der Waals surface area contributed by atoms with E-state index in [1.807, 2.05) is 27.7 Å². The van der Waals surface area contributed by atoms with Crippen LogP contribution < -0.4 is 4.74 Å². The Labute approximate surface area is 149 Å². The second-order valence-electron chi connectivity index (χ2n) is 7.49. The molecule has 25 heavy (non-hydrogen) atoms. The number of fused-ring (bicyclic) bond motifs is 1. The number of benzene rings is 1. The highest BCUT2D eigenvalue weighted by Gasteiger charge is 2.51. The zero-order valence-electron chi connectivity index (χ0n) is 15.6. The van der Waals surface area contributed by atoms with Crippen LogP contribution in [0.25, 0.3) is 0 Å². The maximum absolute atomic E-state index is 13.1. The number of ether oxygens (including phenoxy) is 2. The van der Waals surface area contributed by atoms with Crippen molar-refractivity contribution in [1.82, 2.24) is 4.31 Å². The molecule has 1 saturated heterocycles. The molecule has 6 nitrogen and oxygen atoms in total. The van der Waals surface area contributed by atoms with Gasteiger partial charge in [-0.25, -0.2) is 8.42 Å². The van der Waals surface area contributed by atoms with E-state index in [2.05, 4.69) is 4.74 Å². The minimum atomic E-state index is -3.74. The lowest BCUT2D eigenvalue weighted by Crippen LogP contribution is -2.34. The standard InChI is InChI=1S/C18H25NO5S/c1-10-11(2)16(25(21,22)19-9-14(19)17(20)23-6)12(3)13-7-8-18(4,5)24-15(10)13/h14H,7-9H2,1-6H3/t14-,19?/m0/s1. The Balaban J connectivity index is 2.10. The van der Waals surface area contributed by atoms with E-state index in [9.17, 15) is 13.2 Å². The SMILES string of the molecule is COC(=O)[C@@H]1CN1S(=O)(=O)c1c(C)c(C)c2c(c1C)CCC(C)(C)O2. The molecule has 0 amide bonds. The topological polar surface area (TPSA) is 72.7 Å². The van der Waals surface area contributed by atoms with Crippen molar-refractivity contribution in [2.24, 2.45) is 0 Å². The second-order valence-corrected chi connectivity index (χ2v) is 9.31.